The molecule has 0 bridgehead atoms. The largest absolute Gasteiger partial charge is 0.389 e. The van der Waals surface area contributed by atoms with Gasteiger partial charge in [0.1, 0.15) is 4.99 Å². The van der Waals surface area contributed by atoms with E-state index in [-0.39, 0.29) is 10.9 Å². The lowest BCUT2D eigenvalue weighted by atomic mass is 10.1. The van der Waals surface area contributed by atoms with Crippen LogP contribution in [0.1, 0.15) is 18.9 Å². The molecule has 1 aromatic rings. The number of nitrogens with zero attached hydrogens (tertiary/aromatic N) is 1. The van der Waals surface area contributed by atoms with Crippen LogP contribution in [-0.2, 0) is 9.53 Å². The van der Waals surface area contributed by atoms with Crippen LogP contribution >= 0.6 is 12.2 Å². The lowest BCUT2D eigenvalue weighted by Crippen LogP contribution is -2.27. The van der Waals surface area contributed by atoms with E-state index in [9.17, 15) is 4.79 Å². The van der Waals surface area contributed by atoms with Crippen LogP contribution in [0.25, 0.3) is 0 Å². The first-order valence-electron chi connectivity index (χ1n) is 6.99. The molecule has 0 aromatic heterocycles. The van der Waals surface area contributed by atoms with Crippen molar-refractivity contribution >= 4 is 28.8 Å². The Morgan fingerprint density at radius 3 is 2.76 bits per heavy atom. The summed E-state index contributed by atoms with van der Waals surface area (Å²) in [6.45, 7) is 4.84. The summed E-state index contributed by atoms with van der Waals surface area (Å²) in [4.78, 5) is 14.3. The van der Waals surface area contributed by atoms with Gasteiger partial charge in [-0.2, -0.15) is 0 Å². The van der Waals surface area contributed by atoms with Crippen molar-refractivity contribution in [2.45, 2.75) is 13.3 Å². The lowest BCUT2D eigenvalue weighted by Gasteiger charge is -2.16. The van der Waals surface area contributed by atoms with Gasteiger partial charge in [-0.25, -0.2) is 0 Å². The Kier molecular flexibility index (Phi) is 7.89. The number of thiocarbonyl (C=S) groups is 1. The second-order valence-electron chi connectivity index (χ2n) is 4.71. The average Bonchev–Trinajstić information content (AvgIpc) is 2.46. The summed E-state index contributed by atoms with van der Waals surface area (Å²) >= 11 is 4.97. The summed E-state index contributed by atoms with van der Waals surface area (Å²) in [5.41, 5.74) is 6.98. The molecule has 0 fully saturated rings. The Bertz CT molecular complexity index is 480. The summed E-state index contributed by atoms with van der Waals surface area (Å²) < 4.78 is 5.28. The zero-order chi connectivity index (χ0) is 15.7. The van der Waals surface area contributed by atoms with Gasteiger partial charge >= 0.3 is 0 Å². The third kappa shape index (κ3) is 6.66. The highest BCUT2D eigenvalue weighted by Crippen LogP contribution is 2.14. The molecule has 1 amide bonds. The van der Waals surface area contributed by atoms with Crippen molar-refractivity contribution in [1.82, 2.24) is 4.90 Å². The summed E-state index contributed by atoms with van der Waals surface area (Å²) in [7, 11) is 1.97. The normalized spacial score (nSPS) is 10.6. The van der Waals surface area contributed by atoms with Crippen molar-refractivity contribution in [3.05, 3.63) is 29.8 Å². The smallest absolute Gasteiger partial charge is 0.225 e. The molecule has 6 heteroatoms. The highest BCUT2D eigenvalue weighted by molar-refractivity contribution is 7.80. The van der Waals surface area contributed by atoms with Gasteiger partial charge in [-0.1, -0.05) is 24.4 Å². The Labute approximate surface area is 131 Å². The predicted octanol–water partition coefficient (Wildman–Crippen LogP) is 1.62. The van der Waals surface area contributed by atoms with E-state index in [2.05, 4.69) is 10.2 Å². The highest BCUT2D eigenvalue weighted by Gasteiger charge is 2.09. The van der Waals surface area contributed by atoms with Crippen LogP contribution in [0.4, 0.5) is 5.69 Å². The number of para-hydroxylation sites is 1. The summed E-state index contributed by atoms with van der Waals surface area (Å²) in [6, 6.07) is 7.27. The van der Waals surface area contributed by atoms with Gasteiger partial charge in [0.05, 0.1) is 12.3 Å². The summed E-state index contributed by atoms with van der Waals surface area (Å²) in [5.74, 6) is -0.0537. The second-order valence-corrected chi connectivity index (χ2v) is 5.15. The molecule has 0 spiro atoms. The van der Waals surface area contributed by atoms with Gasteiger partial charge in [0, 0.05) is 31.7 Å². The number of hydrogen-bond donors (Lipinski definition) is 2. The van der Waals surface area contributed by atoms with Crippen LogP contribution in [0.15, 0.2) is 24.3 Å². The number of amides is 1. The second kappa shape index (κ2) is 9.44. The molecule has 0 aliphatic heterocycles. The number of ether oxygens (including phenoxy) is 1. The number of carbonyl (C=O) groups is 1. The van der Waals surface area contributed by atoms with Crippen LogP contribution in [0.2, 0.25) is 0 Å². The fourth-order valence-electron chi connectivity index (χ4n) is 1.79. The fourth-order valence-corrected chi connectivity index (χ4v) is 1.97. The maximum Gasteiger partial charge on any atom is 0.225 e. The quantitative estimate of drug-likeness (QED) is 0.536. The molecule has 0 atom stereocenters. The molecule has 116 valence electrons. The Hall–Kier alpha value is -1.50. The van der Waals surface area contributed by atoms with Gasteiger partial charge in [-0.3, -0.25) is 4.79 Å². The van der Waals surface area contributed by atoms with E-state index in [1.165, 1.54) is 0 Å². The number of rotatable bonds is 9. The molecule has 21 heavy (non-hydrogen) atoms. The topological polar surface area (TPSA) is 67.6 Å². The highest BCUT2D eigenvalue weighted by atomic mass is 32.1. The first-order chi connectivity index (χ1) is 10.0. The van der Waals surface area contributed by atoms with E-state index in [1.807, 2.05) is 26.1 Å². The van der Waals surface area contributed by atoms with Crippen LogP contribution in [0.5, 0.6) is 0 Å². The van der Waals surface area contributed by atoms with Crippen LogP contribution < -0.4 is 11.1 Å². The summed E-state index contributed by atoms with van der Waals surface area (Å²) in [6.07, 6.45) is 0.411. The zero-order valence-corrected chi connectivity index (χ0v) is 13.4. The lowest BCUT2D eigenvalue weighted by molar-refractivity contribution is -0.116. The van der Waals surface area contributed by atoms with E-state index in [0.717, 1.165) is 6.54 Å². The number of benzene rings is 1. The third-order valence-corrected chi connectivity index (χ3v) is 3.23. The molecule has 1 aromatic carbocycles. The number of nitrogens with two attached hydrogens (primary N) is 1. The van der Waals surface area contributed by atoms with Crippen molar-refractivity contribution < 1.29 is 9.53 Å². The third-order valence-electron chi connectivity index (χ3n) is 3.01. The number of likely N-dealkylation sites (N-methyl/N-ethyl adjacent to an activating group) is 1. The molecule has 0 unspecified atom stereocenters. The molecule has 1 rings (SSSR count). The van der Waals surface area contributed by atoms with E-state index in [0.29, 0.717) is 37.4 Å². The van der Waals surface area contributed by atoms with E-state index >= 15 is 0 Å². The van der Waals surface area contributed by atoms with Crippen molar-refractivity contribution in [1.29, 1.82) is 0 Å². The van der Waals surface area contributed by atoms with E-state index < -0.39 is 0 Å². The number of carbonyl (C=O) groups excluding carboxylic acids is 1. The Morgan fingerprint density at radius 1 is 1.38 bits per heavy atom. The Morgan fingerprint density at radius 2 is 2.10 bits per heavy atom. The molecule has 0 saturated carbocycles. The SMILES string of the molecule is CCOCCN(C)CCC(=O)Nc1ccccc1C(N)=S. The number of nitrogens with one attached hydrogen (secondary N) is 1. The molecule has 0 aliphatic carbocycles. The average molecular weight is 309 g/mol. The van der Waals surface area contributed by atoms with Crippen LogP contribution in [-0.4, -0.2) is 49.1 Å². The van der Waals surface area contributed by atoms with E-state index in [1.54, 1.807) is 12.1 Å². The van der Waals surface area contributed by atoms with Crippen molar-refractivity contribution in [3.63, 3.8) is 0 Å². The Balaban J connectivity index is 2.42. The molecule has 0 saturated heterocycles. The maximum absolute atomic E-state index is 12.0. The van der Waals surface area contributed by atoms with Gasteiger partial charge in [-0.15, -0.1) is 0 Å². The molecule has 5 nitrogen and oxygen atoms in total. The minimum absolute atomic E-state index is 0.0537. The first kappa shape index (κ1) is 17.6. The van der Waals surface area contributed by atoms with Crippen LogP contribution in [0, 0.1) is 0 Å². The molecule has 0 heterocycles. The van der Waals surface area contributed by atoms with Crippen molar-refractivity contribution in [2.75, 3.05) is 38.7 Å². The van der Waals surface area contributed by atoms with Crippen LogP contribution in [0.3, 0.4) is 0 Å². The first-order valence-corrected chi connectivity index (χ1v) is 7.40. The predicted molar refractivity (Wildman–Crippen MR) is 89.6 cm³/mol. The van der Waals surface area contributed by atoms with Gasteiger partial charge in [0.15, 0.2) is 0 Å². The van der Waals surface area contributed by atoms with Gasteiger partial charge < -0.3 is 20.7 Å². The minimum atomic E-state index is -0.0537. The molecule has 3 N–H and O–H groups in total. The summed E-state index contributed by atoms with van der Waals surface area (Å²) in [5, 5.41) is 2.85. The monoisotopic (exact) mass is 309 g/mol. The van der Waals surface area contributed by atoms with Crippen molar-refractivity contribution in [3.8, 4) is 0 Å². The molecular formula is C15H23N3O2S. The maximum atomic E-state index is 12.0. The zero-order valence-electron chi connectivity index (χ0n) is 12.6. The van der Waals surface area contributed by atoms with Gasteiger partial charge in [0.2, 0.25) is 5.91 Å². The molecule has 0 aliphatic rings. The molecular weight excluding hydrogens is 286 g/mol. The number of hydrogen-bond acceptors (Lipinski definition) is 4. The van der Waals surface area contributed by atoms with Crippen molar-refractivity contribution in [2.24, 2.45) is 5.73 Å². The molecule has 0 radical (unpaired) electrons. The van der Waals surface area contributed by atoms with Gasteiger partial charge in [0.25, 0.3) is 0 Å². The van der Waals surface area contributed by atoms with Gasteiger partial charge in [-0.05, 0) is 26.1 Å². The minimum Gasteiger partial charge on any atom is -0.389 e. The standard InChI is InChI=1S/C15H23N3O2S/c1-3-20-11-10-18(2)9-8-14(19)17-13-7-5-4-6-12(13)15(16)21/h4-7H,3,8-11H2,1-2H3,(H2,16,21)(H,17,19). The fraction of sp³-hybridized carbons (Fsp3) is 0.467. The number of anilines is 1. The van der Waals surface area contributed by atoms with E-state index in [4.69, 9.17) is 22.7 Å².